The Labute approximate surface area is 100 Å². The standard InChI is InChI=1S/C11H15Cl2NO/c1-8(7-14)4-5-15-9-2-3-10(12)11(13)6-9/h2-3,6,8H,4-5,7,14H2,1H3. The first-order valence-corrected chi connectivity index (χ1v) is 5.67. The van der Waals surface area contributed by atoms with Gasteiger partial charge in [-0.1, -0.05) is 30.1 Å². The molecule has 0 heterocycles. The van der Waals surface area contributed by atoms with Crippen molar-refractivity contribution in [3.8, 4) is 5.75 Å². The maximum atomic E-state index is 5.85. The SMILES string of the molecule is CC(CN)CCOc1ccc(Cl)c(Cl)c1. The molecule has 2 N–H and O–H groups in total. The fourth-order valence-electron chi connectivity index (χ4n) is 1.06. The van der Waals surface area contributed by atoms with E-state index in [-0.39, 0.29) is 0 Å². The van der Waals surface area contributed by atoms with Crippen molar-refractivity contribution in [2.45, 2.75) is 13.3 Å². The van der Waals surface area contributed by atoms with Crippen molar-refractivity contribution in [1.29, 1.82) is 0 Å². The van der Waals surface area contributed by atoms with Crippen LogP contribution in [0.5, 0.6) is 5.75 Å². The van der Waals surface area contributed by atoms with Crippen LogP contribution in [0.15, 0.2) is 18.2 Å². The van der Waals surface area contributed by atoms with Gasteiger partial charge in [-0.15, -0.1) is 0 Å². The predicted octanol–water partition coefficient (Wildman–Crippen LogP) is 3.36. The molecule has 1 aromatic rings. The highest BCUT2D eigenvalue weighted by molar-refractivity contribution is 6.42. The largest absolute Gasteiger partial charge is 0.494 e. The van der Waals surface area contributed by atoms with Crippen LogP contribution in [0.2, 0.25) is 10.0 Å². The summed E-state index contributed by atoms with van der Waals surface area (Å²) in [7, 11) is 0. The summed E-state index contributed by atoms with van der Waals surface area (Å²) < 4.78 is 5.52. The van der Waals surface area contributed by atoms with E-state index in [9.17, 15) is 0 Å². The molecule has 0 aliphatic rings. The number of benzene rings is 1. The summed E-state index contributed by atoms with van der Waals surface area (Å²) in [5, 5.41) is 1.06. The molecule has 0 radical (unpaired) electrons. The van der Waals surface area contributed by atoms with E-state index < -0.39 is 0 Å². The van der Waals surface area contributed by atoms with E-state index in [1.165, 1.54) is 0 Å². The average molecular weight is 248 g/mol. The molecule has 1 unspecified atom stereocenters. The zero-order valence-corrected chi connectivity index (χ0v) is 10.2. The summed E-state index contributed by atoms with van der Waals surface area (Å²) in [6.07, 6.45) is 0.941. The number of hydrogen-bond acceptors (Lipinski definition) is 2. The van der Waals surface area contributed by atoms with Crippen LogP contribution in [0.4, 0.5) is 0 Å². The first-order valence-electron chi connectivity index (χ1n) is 4.91. The zero-order chi connectivity index (χ0) is 11.3. The molecule has 1 aromatic carbocycles. The molecule has 0 saturated carbocycles. The van der Waals surface area contributed by atoms with E-state index in [0.717, 1.165) is 12.2 Å². The highest BCUT2D eigenvalue weighted by Gasteiger charge is 2.02. The second kappa shape index (κ2) is 6.21. The molecule has 2 nitrogen and oxygen atoms in total. The second-order valence-corrected chi connectivity index (χ2v) is 4.37. The fourth-order valence-corrected chi connectivity index (χ4v) is 1.35. The Hall–Kier alpha value is -0.440. The summed E-state index contributed by atoms with van der Waals surface area (Å²) in [5.41, 5.74) is 5.50. The van der Waals surface area contributed by atoms with Crippen LogP contribution in [0.1, 0.15) is 13.3 Å². The Morgan fingerprint density at radius 2 is 2.07 bits per heavy atom. The van der Waals surface area contributed by atoms with E-state index in [1.54, 1.807) is 18.2 Å². The van der Waals surface area contributed by atoms with Crippen molar-refractivity contribution >= 4 is 23.2 Å². The minimum atomic E-state index is 0.479. The van der Waals surface area contributed by atoms with Gasteiger partial charge >= 0.3 is 0 Å². The average Bonchev–Trinajstić information content (AvgIpc) is 2.23. The molecule has 0 fully saturated rings. The van der Waals surface area contributed by atoms with Gasteiger partial charge in [0.15, 0.2) is 0 Å². The van der Waals surface area contributed by atoms with Gasteiger partial charge in [0.1, 0.15) is 5.75 Å². The highest BCUT2D eigenvalue weighted by Crippen LogP contribution is 2.26. The molecule has 1 atom stereocenters. The molecule has 1 rings (SSSR count). The Balaban J connectivity index is 2.41. The third-order valence-electron chi connectivity index (χ3n) is 2.17. The van der Waals surface area contributed by atoms with E-state index in [1.807, 2.05) is 0 Å². The number of nitrogens with two attached hydrogens (primary N) is 1. The van der Waals surface area contributed by atoms with Crippen molar-refractivity contribution in [2.75, 3.05) is 13.2 Å². The Bertz CT molecular complexity index is 317. The van der Waals surface area contributed by atoms with Crippen molar-refractivity contribution in [3.05, 3.63) is 28.2 Å². The second-order valence-electron chi connectivity index (χ2n) is 3.55. The van der Waals surface area contributed by atoms with Gasteiger partial charge in [0.05, 0.1) is 16.7 Å². The molecule has 0 aliphatic heterocycles. The lowest BCUT2D eigenvalue weighted by Gasteiger charge is -2.10. The minimum Gasteiger partial charge on any atom is -0.494 e. The maximum absolute atomic E-state index is 5.85. The lowest BCUT2D eigenvalue weighted by molar-refractivity contribution is 0.286. The van der Waals surface area contributed by atoms with Crippen molar-refractivity contribution in [1.82, 2.24) is 0 Å². The molecule has 0 spiro atoms. The smallest absolute Gasteiger partial charge is 0.120 e. The molecular formula is C11H15Cl2NO. The number of hydrogen-bond donors (Lipinski definition) is 1. The van der Waals surface area contributed by atoms with Crippen LogP contribution >= 0.6 is 23.2 Å². The van der Waals surface area contributed by atoms with Crippen LogP contribution in [-0.2, 0) is 0 Å². The molecule has 0 aliphatic carbocycles. The van der Waals surface area contributed by atoms with Gasteiger partial charge in [0.25, 0.3) is 0 Å². The summed E-state index contributed by atoms with van der Waals surface area (Å²) in [6.45, 7) is 3.43. The topological polar surface area (TPSA) is 35.2 Å². The number of ether oxygens (including phenoxy) is 1. The molecule has 84 valence electrons. The van der Waals surface area contributed by atoms with Crippen molar-refractivity contribution in [2.24, 2.45) is 11.7 Å². The van der Waals surface area contributed by atoms with Crippen molar-refractivity contribution < 1.29 is 4.74 Å². The van der Waals surface area contributed by atoms with Crippen LogP contribution in [0.3, 0.4) is 0 Å². The molecule has 4 heteroatoms. The quantitative estimate of drug-likeness (QED) is 0.867. The lowest BCUT2D eigenvalue weighted by atomic mass is 10.1. The van der Waals surface area contributed by atoms with Crippen LogP contribution < -0.4 is 10.5 Å². The van der Waals surface area contributed by atoms with E-state index in [2.05, 4.69) is 6.92 Å². The molecule has 0 aromatic heterocycles. The van der Waals surface area contributed by atoms with Crippen LogP contribution in [0.25, 0.3) is 0 Å². The number of halogens is 2. The predicted molar refractivity (Wildman–Crippen MR) is 64.8 cm³/mol. The summed E-state index contributed by atoms with van der Waals surface area (Å²) >= 11 is 11.6. The molecule has 0 bridgehead atoms. The van der Waals surface area contributed by atoms with Gasteiger partial charge < -0.3 is 10.5 Å². The van der Waals surface area contributed by atoms with Gasteiger partial charge in [-0.25, -0.2) is 0 Å². The van der Waals surface area contributed by atoms with Crippen LogP contribution in [-0.4, -0.2) is 13.2 Å². The monoisotopic (exact) mass is 247 g/mol. The first-order chi connectivity index (χ1) is 7.13. The maximum Gasteiger partial charge on any atom is 0.120 e. The molecular weight excluding hydrogens is 233 g/mol. The molecule has 15 heavy (non-hydrogen) atoms. The normalized spacial score (nSPS) is 12.5. The van der Waals surface area contributed by atoms with Crippen molar-refractivity contribution in [3.63, 3.8) is 0 Å². The van der Waals surface area contributed by atoms with Gasteiger partial charge in [-0.2, -0.15) is 0 Å². The Kier molecular flexibility index (Phi) is 5.23. The molecule has 0 amide bonds. The third-order valence-corrected chi connectivity index (χ3v) is 2.91. The van der Waals surface area contributed by atoms with Gasteiger partial charge in [0, 0.05) is 6.07 Å². The van der Waals surface area contributed by atoms with E-state index >= 15 is 0 Å². The minimum absolute atomic E-state index is 0.479. The van der Waals surface area contributed by atoms with E-state index in [0.29, 0.717) is 29.1 Å². The fraction of sp³-hybridized carbons (Fsp3) is 0.455. The summed E-state index contributed by atoms with van der Waals surface area (Å²) in [4.78, 5) is 0. The molecule has 0 saturated heterocycles. The Morgan fingerprint density at radius 3 is 2.67 bits per heavy atom. The summed E-state index contributed by atoms with van der Waals surface area (Å²) in [6, 6.07) is 5.25. The number of rotatable bonds is 5. The van der Waals surface area contributed by atoms with Gasteiger partial charge in [0.2, 0.25) is 0 Å². The Morgan fingerprint density at radius 1 is 1.33 bits per heavy atom. The summed E-state index contributed by atoms with van der Waals surface area (Å²) in [5.74, 6) is 1.22. The zero-order valence-electron chi connectivity index (χ0n) is 8.67. The van der Waals surface area contributed by atoms with Gasteiger partial charge in [-0.05, 0) is 31.0 Å². The third kappa shape index (κ3) is 4.29. The van der Waals surface area contributed by atoms with Gasteiger partial charge in [-0.3, -0.25) is 0 Å². The first kappa shape index (κ1) is 12.6. The van der Waals surface area contributed by atoms with E-state index in [4.69, 9.17) is 33.7 Å². The highest BCUT2D eigenvalue weighted by atomic mass is 35.5. The lowest BCUT2D eigenvalue weighted by Crippen LogP contribution is -2.13. The van der Waals surface area contributed by atoms with Crippen LogP contribution in [0, 0.1) is 5.92 Å².